The van der Waals surface area contributed by atoms with Crippen molar-refractivity contribution in [2.24, 2.45) is 0 Å². The Morgan fingerprint density at radius 3 is 2.00 bits per heavy atom. The van der Waals surface area contributed by atoms with Gasteiger partial charge >= 0.3 is 0 Å². The molecule has 0 atom stereocenters. The zero-order chi connectivity index (χ0) is 5.98. The van der Waals surface area contributed by atoms with E-state index in [9.17, 15) is 0 Å². The van der Waals surface area contributed by atoms with Crippen LogP contribution in [0.15, 0.2) is 11.5 Å². The molecule has 1 saturated heterocycles. The van der Waals surface area contributed by atoms with Crippen LogP contribution >= 0.6 is 0 Å². The molecule has 0 amide bonds. The molecule has 1 heterocycles. The van der Waals surface area contributed by atoms with Gasteiger partial charge in [-0.25, -0.2) is 0 Å². The number of allylic oxidation sites excluding steroid dienone is 1. The molecule has 0 unspecified atom stereocenters. The predicted molar refractivity (Wildman–Crippen MR) is 30.3 cm³/mol. The standard InChI is InChI=1S/C6H10O2/c1-5(2)6-7-3-4-8-6/h3-4H2,1-2H3. The van der Waals surface area contributed by atoms with E-state index in [-0.39, 0.29) is 0 Å². The van der Waals surface area contributed by atoms with E-state index in [0.29, 0.717) is 19.2 Å². The SMILES string of the molecule is CC(C)=C1OCCO1. The first-order valence-corrected chi connectivity index (χ1v) is 2.74. The summed E-state index contributed by atoms with van der Waals surface area (Å²) in [5, 5.41) is 0. The third-order valence-electron chi connectivity index (χ3n) is 0.958. The molecule has 0 spiro atoms. The third kappa shape index (κ3) is 0.941. The summed E-state index contributed by atoms with van der Waals surface area (Å²) in [5.74, 6) is 0.713. The van der Waals surface area contributed by atoms with Crippen LogP contribution in [0.4, 0.5) is 0 Å². The highest BCUT2D eigenvalue weighted by molar-refractivity contribution is 4.96. The number of ether oxygens (including phenoxy) is 2. The lowest BCUT2D eigenvalue weighted by Crippen LogP contribution is -1.82. The highest BCUT2D eigenvalue weighted by Crippen LogP contribution is 2.11. The molecule has 46 valence electrons. The van der Waals surface area contributed by atoms with Crippen molar-refractivity contribution >= 4 is 0 Å². The van der Waals surface area contributed by atoms with Crippen LogP contribution in [-0.2, 0) is 9.47 Å². The minimum absolute atomic E-state index is 0.709. The van der Waals surface area contributed by atoms with E-state index in [0.717, 1.165) is 5.57 Å². The fraction of sp³-hybridized carbons (Fsp3) is 0.667. The zero-order valence-corrected chi connectivity index (χ0v) is 5.23. The first-order chi connectivity index (χ1) is 3.80. The number of hydrogen-bond acceptors (Lipinski definition) is 2. The van der Waals surface area contributed by atoms with E-state index in [1.54, 1.807) is 0 Å². The van der Waals surface area contributed by atoms with Crippen LogP contribution in [0.1, 0.15) is 13.8 Å². The summed E-state index contributed by atoms with van der Waals surface area (Å²) < 4.78 is 10.1. The maximum atomic E-state index is 5.07. The lowest BCUT2D eigenvalue weighted by molar-refractivity contribution is 0.170. The van der Waals surface area contributed by atoms with Crippen molar-refractivity contribution in [3.63, 3.8) is 0 Å². The van der Waals surface area contributed by atoms with Gasteiger partial charge in [-0.2, -0.15) is 0 Å². The molecular formula is C6H10O2. The molecular weight excluding hydrogens is 104 g/mol. The van der Waals surface area contributed by atoms with Crippen molar-refractivity contribution < 1.29 is 9.47 Å². The van der Waals surface area contributed by atoms with Crippen LogP contribution in [0.25, 0.3) is 0 Å². The normalized spacial score (nSPS) is 17.5. The average molecular weight is 114 g/mol. The Labute approximate surface area is 49.1 Å². The van der Waals surface area contributed by atoms with Crippen molar-refractivity contribution in [2.75, 3.05) is 13.2 Å². The Balaban J connectivity index is 2.58. The van der Waals surface area contributed by atoms with E-state index >= 15 is 0 Å². The topological polar surface area (TPSA) is 18.5 Å². The largest absolute Gasteiger partial charge is 0.462 e. The van der Waals surface area contributed by atoms with Crippen LogP contribution in [0, 0.1) is 0 Å². The van der Waals surface area contributed by atoms with Crippen LogP contribution in [-0.4, -0.2) is 13.2 Å². The Morgan fingerprint density at radius 2 is 1.75 bits per heavy atom. The number of hydrogen-bond donors (Lipinski definition) is 0. The van der Waals surface area contributed by atoms with Gasteiger partial charge in [0, 0.05) is 5.57 Å². The molecule has 0 aliphatic carbocycles. The molecule has 1 aliphatic rings. The van der Waals surface area contributed by atoms with Crippen molar-refractivity contribution in [2.45, 2.75) is 13.8 Å². The summed E-state index contributed by atoms with van der Waals surface area (Å²) in [4.78, 5) is 0. The van der Waals surface area contributed by atoms with Gasteiger partial charge < -0.3 is 9.47 Å². The molecule has 0 aromatic carbocycles. The molecule has 1 rings (SSSR count). The molecule has 0 saturated carbocycles. The average Bonchev–Trinajstić information content (AvgIpc) is 2.12. The van der Waals surface area contributed by atoms with Gasteiger partial charge in [-0.1, -0.05) is 0 Å². The van der Waals surface area contributed by atoms with Gasteiger partial charge in [0.25, 0.3) is 5.95 Å². The maximum Gasteiger partial charge on any atom is 0.277 e. The van der Waals surface area contributed by atoms with Crippen LogP contribution in [0.5, 0.6) is 0 Å². The van der Waals surface area contributed by atoms with E-state index < -0.39 is 0 Å². The third-order valence-corrected chi connectivity index (χ3v) is 0.958. The fourth-order valence-corrected chi connectivity index (χ4v) is 0.599. The minimum atomic E-state index is 0.709. The Morgan fingerprint density at radius 1 is 1.25 bits per heavy atom. The zero-order valence-electron chi connectivity index (χ0n) is 5.23. The minimum Gasteiger partial charge on any atom is -0.462 e. The van der Waals surface area contributed by atoms with Crippen molar-refractivity contribution in [3.8, 4) is 0 Å². The van der Waals surface area contributed by atoms with E-state index in [1.165, 1.54) is 0 Å². The highest BCUT2D eigenvalue weighted by atomic mass is 16.7. The monoisotopic (exact) mass is 114 g/mol. The van der Waals surface area contributed by atoms with Crippen LogP contribution in [0.3, 0.4) is 0 Å². The van der Waals surface area contributed by atoms with Crippen molar-refractivity contribution in [1.29, 1.82) is 0 Å². The maximum absolute atomic E-state index is 5.07. The molecule has 1 aliphatic heterocycles. The van der Waals surface area contributed by atoms with Gasteiger partial charge in [-0.05, 0) is 13.8 Å². The first kappa shape index (κ1) is 5.48. The van der Waals surface area contributed by atoms with E-state index in [4.69, 9.17) is 9.47 Å². The van der Waals surface area contributed by atoms with E-state index in [2.05, 4.69) is 0 Å². The van der Waals surface area contributed by atoms with Crippen LogP contribution in [0.2, 0.25) is 0 Å². The highest BCUT2D eigenvalue weighted by Gasteiger charge is 2.08. The molecule has 2 nitrogen and oxygen atoms in total. The Bertz CT molecular complexity index is 104. The van der Waals surface area contributed by atoms with E-state index in [1.807, 2.05) is 13.8 Å². The van der Waals surface area contributed by atoms with Crippen LogP contribution < -0.4 is 0 Å². The smallest absolute Gasteiger partial charge is 0.277 e. The summed E-state index contributed by atoms with van der Waals surface area (Å²) in [6.45, 7) is 5.36. The van der Waals surface area contributed by atoms with Crippen molar-refractivity contribution in [3.05, 3.63) is 11.5 Å². The second-order valence-electron chi connectivity index (χ2n) is 1.98. The van der Waals surface area contributed by atoms with Gasteiger partial charge in [0.15, 0.2) is 0 Å². The molecule has 0 aromatic rings. The fourth-order valence-electron chi connectivity index (χ4n) is 0.599. The van der Waals surface area contributed by atoms with Gasteiger partial charge in [-0.15, -0.1) is 0 Å². The summed E-state index contributed by atoms with van der Waals surface area (Å²) in [5.41, 5.74) is 1.11. The molecule has 1 fully saturated rings. The first-order valence-electron chi connectivity index (χ1n) is 2.74. The van der Waals surface area contributed by atoms with Gasteiger partial charge in [0.1, 0.15) is 13.2 Å². The summed E-state index contributed by atoms with van der Waals surface area (Å²) in [6.07, 6.45) is 0. The molecule has 0 radical (unpaired) electrons. The Hall–Kier alpha value is -0.660. The van der Waals surface area contributed by atoms with Gasteiger partial charge in [0.05, 0.1) is 0 Å². The molecule has 0 bridgehead atoms. The molecule has 0 aromatic heterocycles. The quantitative estimate of drug-likeness (QED) is 0.472. The lowest BCUT2D eigenvalue weighted by atomic mass is 10.4. The Kier molecular flexibility index (Phi) is 1.42. The second kappa shape index (κ2) is 2.07. The lowest BCUT2D eigenvalue weighted by Gasteiger charge is -1.96. The van der Waals surface area contributed by atoms with Gasteiger partial charge in [0.2, 0.25) is 0 Å². The molecule has 2 heteroatoms. The van der Waals surface area contributed by atoms with Crippen molar-refractivity contribution in [1.82, 2.24) is 0 Å². The molecule has 0 N–H and O–H groups in total. The molecule has 8 heavy (non-hydrogen) atoms. The summed E-state index contributed by atoms with van der Waals surface area (Å²) >= 11 is 0. The second-order valence-corrected chi connectivity index (χ2v) is 1.98. The number of rotatable bonds is 0. The summed E-state index contributed by atoms with van der Waals surface area (Å²) in [6, 6.07) is 0. The predicted octanol–water partition coefficient (Wildman–Crippen LogP) is 1.28. The summed E-state index contributed by atoms with van der Waals surface area (Å²) in [7, 11) is 0. The van der Waals surface area contributed by atoms with Gasteiger partial charge in [-0.3, -0.25) is 0 Å².